The van der Waals surface area contributed by atoms with Crippen LogP contribution in [0.3, 0.4) is 0 Å². The first-order chi connectivity index (χ1) is 6.65. The molecule has 0 aromatic heterocycles. The van der Waals surface area contributed by atoms with Crippen LogP contribution in [-0.2, 0) is 0 Å². The Balaban J connectivity index is 2.79. The Morgan fingerprint density at radius 2 is 2.00 bits per heavy atom. The van der Waals surface area contributed by atoms with Crippen LogP contribution in [0.1, 0.15) is 6.42 Å². The number of hydrogen-bond donors (Lipinski definition) is 1. The van der Waals surface area contributed by atoms with E-state index in [0.717, 1.165) is 6.07 Å². The first-order valence-electron chi connectivity index (χ1n) is 4.14. The summed E-state index contributed by atoms with van der Waals surface area (Å²) >= 11 is 0. The van der Waals surface area contributed by atoms with Crippen molar-refractivity contribution in [1.29, 1.82) is 0 Å². The molecular formula is C10H10F3N. The van der Waals surface area contributed by atoms with Gasteiger partial charge < -0.3 is 5.32 Å². The zero-order valence-corrected chi connectivity index (χ0v) is 7.49. The van der Waals surface area contributed by atoms with E-state index in [1.807, 2.05) is 0 Å². The Hall–Kier alpha value is -1.45. The first-order valence-corrected chi connectivity index (χ1v) is 4.14. The van der Waals surface area contributed by atoms with E-state index < -0.39 is 17.5 Å². The van der Waals surface area contributed by atoms with Gasteiger partial charge in [0.05, 0.1) is 5.69 Å². The van der Waals surface area contributed by atoms with E-state index in [1.54, 1.807) is 6.08 Å². The normalized spacial score (nSPS) is 9.93. The molecule has 0 amide bonds. The molecule has 0 heterocycles. The van der Waals surface area contributed by atoms with Gasteiger partial charge in [-0.3, -0.25) is 0 Å². The van der Waals surface area contributed by atoms with E-state index in [9.17, 15) is 13.2 Å². The summed E-state index contributed by atoms with van der Waals surface area (Å²) < 4.78 is 38.3. The molecule has 14 heavy (non-hydrogen) atoms. The highest BCUT2D eigenvalue weighted by Gasteiger charge is 2.09. The van der Waals surface area contributed by atoms with Crippen LogP contribution in [-0.4, -0.2) is 6.54 Å². The first kappa shape index (κ1) is 10.6. The van der Waals surface area contributed by atoms with Gasteiger partial charge >= 0.3 is 0 Å². The van der Waals surface area contributed by atoms with Crippen molar-refractivity contribution in [2.75, 3.05) is 11.9 Å². The van der Waals surface area contributed by atoms with E-state index in [0.29, 0.717) is 19.0 Å². The molecule has 1 rings (SSSR count). The summed E-state index contributed by atoms with van der Waals surface area (Å²) in [6.07, 6.45) is 2.22. The second-order valence-electron chi connectivity index (χ2n) is 2.75. The molecule has 76 valence electrons. The lowest BCUT2D eigenvalue weighted by atomic mass is 10.2. The SMILES string of the molecule is C=CCCNc1cc(F)cc(F)c1F. The summed E-state index contributed by atoms with van der Waals surface area (Å²) in [7, 11) is 0. The Labute approximate surface area is 80.2 Å². The third kappa shape index (κ3) is 2.52. The summed E-state index contributed by atoms with van der Waals surface area (Å²) in [4.78, 5) is 0. The molecule has 0 radical (unpaired) electrons. The van der Waals surface area contributed by atoms with Gasteiger partial charge in [-0.2, -0.15) is 0 Å². The fourth-order valence-corrected chi connectivity index (χ4v) is 0.994. The maximum absolute atomic E-state index is 13.0. The molecule has 0 aliphatic carbocycles. The van der Waals surface area contributed by atoms with E-state index >= 15 is 0 Å². The molecule has 0 saturated heterocycles. The van der Waals surface area contributed by atoms with Gasteiger partial charge in [0.2, 0.25) is 0 Å². The fraction of sp³-hybridized carbons (Fsp3) is 0.200. The fourth-order valence-electron chi connectivity index (χ4n) is 0.994. The van der Waals surface area contributed by atoms with Gasteiger partial charge in [-0.15, -0.1) is 6.58 Å². The standard InChI is InChI=1S/C10H10F3N/c1-2-3-4-14-9-6-7(11)5-8(12)10(9)13/h2,5-6,14H,1,3-4H2. The molecule has 0 fully saturated rings. The molecule has 0 spiro atoms. The molecule has 1 nitrogen and oxygen atoms in total. The average molecular weight is 201 g/mol. The van der Waals surface area contributed by atoms with Crippen molar-refractivity contribution in [1.82, 2.24) is 0 Å². The number of halogens is 3. The lowest BCUT2D eigenvalue weighted by molar-refractivity contribution is 0.497. The van der Waals surface area contributed by atoms with Crippen LogP contribution in [0, 0.1) is 17.5 Å². The zero-order valence-electron chi connectivity index (χ0n) is 7.49. The molecule has 0 aliphatic heterocycles. The van der Waals surface area contributed by atoms with Crippen LogP contribution >= 0.6 is 0 Å². The van der Waals surface area contributed by atoms with Crippen molar-refractivity contribution in [3.05, 3.63) is 42.2 Å². The topological polar surface area (TPSA) is 12.0 Å². The van der Waals surface area contributed by atoms with Crippen LogP contribution in [0.4, 0.5) is 18.9 Å². The monoisotopic (exact) mass is 201 g/mol. The third-order valence-electron chi connectivity index (χ3n) is 1.66. The highest BCUT2D eigenvalue weighted by atomic mass is 19.2. The van der Waals surface area contributed by atoms with Crippen molar-refractivity contribution in [2.24, 2.45) is 0 Å². The second-order valence-corrected chi connectivity index (χ2v) is 2.75. The summed E-state index contributed by atoms with van der Waals surface area (Å²) in [5, 5.41) is 2.57. The summed E-state index contributed by atoms with van der Waals surface area (Å²) in [6.45, 7) is 3.86. The van der Waals surface area contributed by atoms with Gasteiger partial charge in [-0.05, 0) is 6.42 Å². The van der Waals surface area contributed by atoms with Crippen molar-refractivity contribution in [2.45, 2.75) is 6.42 Å². The number of nitrogens with one attached hydrogen (secondary N) is 1. The molecule has 4 heteroatoms. The van der Waals surface area contributed by atoms with Crippen LogP contribution in [0.5, 0.6) is 0 Å². The predicted octanol–water partition coefficient (Wildman–Crippen LogP) is 3.09. The quantitative estimate of drug-likeness (QED) is 0.448. The summed E-state index contributed by atoms with van der Waals surface area (Å²) in [6, 6.07) is 1.43. The highest BCUT2D eigenvalue weighted by Crippen LogP contribution is 2.18. The number of anilines is 1. The molecule has 1 aromatic rings. The van der Waals surface area contributed by atoms with Crippen molar-refractivity contribution in [3.63, 3.8) is 0 Å². The Morgan fingerprint density at radius 1 is 1.29 bits per heavy atom. The van der Waals surface area contributed by atoms with E-state index in [2.05, 4.69) is 11.9 Å². The molecule has 1 aromatic carbocycles. The highest BCUT2D eigenvalue weighted by molar-refractivity contribution is 5.45. The lowest BCUT2D eigenvalue weighted by Gasteiger charge is -2.06. The van der Waals surface area contributed by atoms with Crippen molar-refractivity contribution < 1.29 is 13.2 Å². The zero-order chi connectivity index (χ0) is 10.6. The maximum atomic E-state index is 13.0. The maximum Gasteiger partial charge on any atom is 0.182 e. The van der Waals surface area contributed by atoms with Crippen LogP contribution in [0.2, 0.25) is 0 Å². The van der Waals surface area contributed by atoms with Crippen molar-refractivity contribution in [3.8, 4) is 0 Å². The molecule has 1 N–H and O–H groups in total. The molecule has 0 unspecified atom stereocenters. The Bertz CT molecular complexity index is 336. The molecular weight excluding hydrogens is 191 g/mol. The summed E-state index contributed by atoms with van der Waals surface area (Å²) in [5.41, 5.74) is -0.163. The predicted molar refractivity (Wildman–Crippen MR) is 49.6 cm³/mol. The van der Waals surface area contributed by atoms with Gasteiger partial charge in [-0.1, -0.05) is 6.08 Å². The smallest absolute Gasteiger partial charge is 0.182 e. The lowest BCUT2D eigenvalue weighted by Crippen LogP contribution is -2.04. The minimum absolute atomic E-state index is 0.163. The Morgan fingerprint density at radius 3 is 2.64 bits per heavy atom. The number of rotatable bonds is 4. The molecule has 0 bridgehead atoms. The van der Waals surface area contributed by atoms with Crippen LogP contribution in [0.25, 0.3) is 0 Å². The number of hydrogen-bond acceptors (Lipinski definition) is 1. The average Bonchev–Trinajstić information content (AvgIpc) is 2.13. The van der Waals surface area contributed by atoms with Gasteiger partial charge in [0.25, 0.3) is 0 Å². The third-order valence-corrected chi connectivity index (χ3v) is 1.66. The van der Waals surface area contributed by atoms with E-state index in [-0.39, 0.29) is 5.69 Å². The molecule has 0 saturated carbocycles. The Kier molecular flexibility index (Phi) is 3.56. The van der Waals surface area contributed by atoms with Crippen LogP contribution in [0.15, 0.2) is 24.8 Å². The summed E-state index contributed by atoms with van der Waals surface area (Å²) in [5.74, 6) is -3.05. The van der Waals surface area contributed by atoms with Gasteiger partial charge in [-0.25, -0.2) is 13.2 Å². The van der Waals surface area contributed by atoms with Gasteiger partial charge in [0, 0.05) is 18.7 Å². The minimum Gasteiger partial charge on any atom is -0.382 e. The van der Waals surface area contributed by atoms with Gasteiger partial charge in [0.1, 0.15) is 5.82 Å². The van der Waals surface area contributed by atoms with E-state index in [1.165, 1.54) is 0 Å². The number of benzene rings is 1. The van der Waals surface area contributed by atoms with Gasteiger partial charge in [0.15, 0.2) is 11.6 Å². The molecule has 0 aliphatic rings. The van der Waals surface area contributed by atoms with Crippen LogP contribution < -0.4 is 5.32 Å². The van der Waals surface area contributed by atoms with E-state index in [4.69, 9.17) is 0 Å². The molecule has 0 atom stereocenters. The second kappa shape index (κ2) is 4.69. The largest absolute Gasteiger partial charge is 0.382 e. The minimum atomic E-state index is -1.19. The van der Waals surface area contributed by atoms with Crippen molar-refractivity contribution >= 4 is 5.69 Å².